The van der Waals surface area contributed by atoms with E-state index in [2.05, 4.69) is 20.0 Å². The van der Waals surface area contributed by atoms with Gasteiger partial charge in [-0.2, -0.15) is 0 Å². The summed E-state index contributed by atoms with van der Waals surface area (Å²) >= 11 is 0. The van der Waals surface area contributed by atoms with Crippen LogP contribution in [0, 0.1) is 17.7 Å². The summed E-state index contributed by atoms with van der Waals surface area (Å²) in [5.41, 5.74) is 1.11. The van der Waals surface area contributed by atoms with Crippen LogP contribution in [0.1, 0.15) is 23.4 Å². The quantitative estimate of drug-likeness (QED) is 0.770. The van der Waals surface area contributed by atoms with Crippen molar-refractivity contribution in [3.05, 3.63) is 54.2 Å². The van der Waals surface area contributed by atoms with Crippen molar-refractivity contribution in [2.24, 2.45) is 11.8 Å². The van der Waals surface area contributed by atoms with Gasteiger partial charge in [-0.15, -0.1) is 0 Å². The first kappa shape index (κ1) is 20.5. The van der Waals surface area contributed by atoms with Crippen LogP contribution in [0.3, 0.4) is 0 Å². The Morgan fingerprint density at radius 1 is 1.10 bits per heavy atom. The number of carbonyl (C=O) groups is 1. The van der Waals surface area contributed by atoms with E-state index >= 15 is 0 Å². The Balaban J connectivity index is 1.08. The molecule has 7 heteroatoms. The SMILES string of the molecule is O=C(NC[C@@H]1C[C@H]2CCN1C[C@@H]2CN1CCN(c2ccc(F)cc2)CC1)c1ccco1. The molecular formula is C24H31FN4O2. The number of hydrogen-bond donors (Lipinski definition) is 1. The van der Waals surface area contributed by atoms with E-state index in [-0.39, 0.29) is 11.7 Å². The Morgan fingerprint density at radius 2 is 1.90 bits per heavy atom. The maximum atomic E-state index is 13.2. The molecule has 0 aliphatic carbocycles. The van der Waals surface area contributed by atoms with Gasteiger partial charge in [-0.1, -0.05) is 0 Å². The molecular weight excluding hydrogens is 395 g/mol. The maximum absolute atomic E-state index is 13.2. The fourth-order valence-corrected chi connectivity index (χ4v) is 5.55. The molecule has 1 aromatic heterocycles. The normalized spacial score (nSPS) is 28.6. The summed E-state index contributed by atoms with van der Waals surface area (Å²) in [7, 11) is 0. The predicted octanol–water partition coefficient (Wildman–Crippen LogP) is 2.68. The van der Waals surface area contributed by atoms with Gasteiger partial charge >= 0.3 is 0 Å². The lowest BCUT2D eigenvalue weighted by Gasteiger charge is -2.51. The largest absolute Gasteiger partial charge is 0.459 e. The Labute approximate surface area is 183 Å². The zero-order chi connectivity index (χ0) is 21.2. The number of piperidine rings is 3. The second kappa shape index (κ2) is 9.01. The van der Waals surface area contributed by atoms with Gasteiger partial charge in [0.25, 0.3) is 5.91 Å². The average molecular weight is 427 g/mol. The van der Waals surface area contributed by atoms with Gasteiger partial charge in [0, 0.05) is 57.5 Å². The van der Waals surface area contributed by atoms with Gasteiger partial charge in [-0.05, 0) is 67.6 Å². The molecule has 166 valence electrons. The Kier molecular flexibility index (Phi) is 5.96. The third-order valence-electron chi connectivity index (χ3n) is 7.31. The van der Waals surface area contributed by atoms with Gasteiger partial charge in [0.05, 0.1) is 6.26 Å². The Hall–Kier alpha value is -2.38. The molecule has 4 aliphatic rings. The number of anilines is 1. The number of furan rings is 1. The van der Waals surface area contributed by atoms with E-state index in [1.54, 1.807) is 24.3 Å². The van der Waals surface area contributed by atoms with E-state index in [9.17, 15) is 9.18 Å². The fourth-order valence-electron chi connectivity index (χ4n) is 5.55. The lowest BCUT2D eigenvalue weighted by molar-refractivity contribution is -0.0121. The zero-order valence-corrected chi connectivity index (χ0v) is 17.9. The van der Waals surface area contributed by atoms with Crippen molar-refractivity contribution in [1.82, 2.24) is 15.1 Å². The average Bonchev–Trinajstić information content (AvgIpc) is 3.34. The summed E-state index contributed by atoms with van der Waals surface area (Å²) in [6.45, 7) is 8.22. The van der Waals surface area contributed by atoms with Crippen molar-refractivity contribution in [2.45, 2.75) is 18.9 Å². The van der Waals surface area contributed by atoms with Gasteiger partial charge in [-0.25, -0.2) is 4.39 Å². The summed E-state index contributed by atoms with van der Waals surface area (Å²) in [4.78, 5) is 19.7. The molecule has 2 aromatic rings. The molecule has 31 heavy (non-hydrogen) atoms. The van der Waals surface area contributed by atoms with Crippen LogP contribution >= 0.6 is 0 Å². The Bertz CT molecular complexity index is 864. The summed E-state index contributed by atoms with van der Waals surface area (Å²) in [6.07, 6.45) is 3.96. The number of hydrogen-bond acceptors (Lipinski definition) is 5. The first-order valence-corrected chi connectivity index (χ1v) is 11.4. The molecule has 0 saturated carbocycles. The fraction of sp³-hybridized carbons (Fsp3) is 0.542. The Morgan fingerprint density at radius 3 is 2.58 bits per heavy atom. The van der Waals surface area contributed by atoms with E-state index in [0.717, 1.165) is 57.4 Å². The minimum atomic E-state index is -0.177. The highest BCUT2D eigenvalue weighted by molar-refractivity contribution is 5.91. The second-order valence-corrected chi connectivity index (χ2v) is 9.14. The number of nitrogens with zero attached hydrogens (tertiary/aromatic N) is 3. The van der Waals surface area contributed by atoms with E-state index < -0.39 is 0 Å². The number of carbonyl (C=O) groups excluding carboxylic acids is 1. The smallest absolute Gasteiger partial charge is 0.287 e. The highest BCUT2D eigenvalue weighted by Gasteiger charge is 2.40. The molecule has 0 radical (unpaired) electrons. The lowest BCUT2D eigenvalue weighted by atomic mass is 9.75. The first-order chi connectivity index (χ1) is 15.2. The van der Waals surface area contributed by atoms with Crippen molar-refractivity contribution in [3.8, 4) is 0 Å². The molecule has 1 aromatic carbocycles. The number of fused-ring (bicyclic) bond motifs is 3. The van der Waals surface area contributed by atoms with Crippen molar-refractivity contribution in [3.63, 3.8) is 0 Å². The van der Waals surface area contributed by atoms with Crippen LogP contribution < -0.4 is 10.2 Å². The van der Waals surface area contributed by atoms with Crippen molar-refractivity contribution in [2.75, 3.05) is 57.3 Å². The van der Waals surface area contributed by atoms with E-state index in [0.29, 0.717) is 24.3 Å². The topological polar surface area (TPSA) is 52.0 Å². The van der Waals surface area contributed by atoms with Crippen LogP contribution in [0.25, 0.3) is 0 Å². The van der Waals surface area contributed by atoms with Crippen molar-refractivity contribution in [1.29, 1.82) is 0 Å². The van der Waals surface area contributed by atoms with Crippen LogP contribution in [0.5, 0.6) is 0 Å². The molecule has 1 N–H and O–H groups in total. The molecule has 4 atom stereocenters. The zero-order valence-electron chi connectivity index (χ0n) is 17.9. The van der Waals surface area contributed by atoms with Gasteiger partial charge < -0.3 is 14.6 Å². The van der Waals surface area contributed by atoms with Crippen LogP contribution in [0.4, 0.5) is 10.1 Å². The number of benzene rings is 1. The van der Waals surface area contributed by atoms with Gasteiger partial charge in [0.15, 0.2) is 5.76 Å². The van der Waals surface area contributed by atoms with Crippen LogP contribution in [-0.4, -0.2) is 74.1 Å². The molecule has 4 saturated heterocycles. The monoisotopic (exact) mass is 426 g/mol. The number of nitrogens with one attached hydrogen (secondary N) is 1. The molecule has 6 nitrogen and oxygen atoms in total. The summed E-state index contributed by atoms with van der Waals surface area (Å²) in [6, 6.07) is 10.7. The maximum Gasteiger partial charge on any atom is 0.287 e. The molecule has 0 spiro atoms. The highest BCUT2D eigenvalue weighted by Crippen LogP contribution is 2.36. The predicted molar refractivity (Wildman–Crippen MR) is 118 cm³/mol. The van der Waals surface area contributed by atoms with E-state index in [4.69, 9.17) is 4.42 Å². The van der Waals surface area contributed by atoms with Crippen molar-refractivity contribution < 1.29 is 13.6 Å². The molecule has 1 unspecified atom stereocenters. The minimum Gasteiger partial charge on any atom is -0.459 e. The molecule has 1 amide bonds. The standard InChI is InChI=1S/C24H31FN4O2/c25-20-3-5-21(6-4-20)28-11-9-27(10-12-28)16-19-17-29-8-7-18(19)14-22(29)15-26-24(30)23-2-1-13-31-23/h1-6,13,18-19,22H,7-12,14-17H2,(H,26,30)/t18-,19+,22+/m1/s1. The van der Waals surface area contributed by atoms with Gasteiger partial charge in [0.2, 0.25) is 0 Å². The minimum absolute atomic E-state index is 0.122. The van der Waals surface area contributed by atoms with E-state index in [1.165, 1.54) is 19.1 Å². The third kappa shape index (κ3) is 4.62. The highest BCUT2D eigenvalue weighted by atomic mass is 19.1. The summed E-state index contributed by atoms with van der Waals surface area (Å²) in [5.74, 6) is 1.54. The van der Waals surface area contributed by atoms with Crippen molar-refractivity contribution >= 4 is 11.6 Å². The summed E-state index contributed by atoms with van der Waals surface area (Å²) < 4.78 is 18.4. The number of amides is 1. The molecule has 6 rings (SSSR count). The van der Waals surface area contributed by atoms with Crippen LogP contribution in [-0.2, 0) is 0 Å². The third-order valence-corrected chi connectivity index (χ3v) is 7.31. The number of piperazine rings is 1. The summed E-state index contributed by atoms with van der Waals surface area (Å²) in [5, 5.41) is 3.05. The lowest BCUT2D eigenvalue weighted by Crippen LogP contribution is -2.59. The molecule has 2 bridgehead atoms. The number of rotatable bonds is 6. The van der Waals surface area contributed by atoms with Gasteiger partial charge in [0.1, 0.15) is 5.82 Å². The number of halogens is 1. The van der Waals surface area contributed by atoms with Gasteiger partial charge in [-0.3, -0.25) is 14.6 Å². The molecule has 5 heterocycles. The molecule has 4 fully saturated rings. The second-order valence-electron chi connectivity index (χ2n) is 9.14. The van der Waals surface area contributed by atoms with Crippen LogP contribution in [0.2, 0.25) is 0 Å². The first-order valence-electron chi connectivity index (χ1n) is 11.4. The molecule has 4 aliphatic heterocycles. The van der Waals surface area contributed by atoms with E-state index in [1.807, 2.05) is 12.1 Å². The van der Waals surface area contributed by atoms with Crippen LogP contribution in [0.15, 0.2) is 47.1 Å².